The number of thiophene rings is 1. The first kappa shape index (κ1) is 20.6. The SMILES string of the molecule is O=C(NCC(=O)N1CCN([C@@H]2CCS(=O)(=O)C2)CC1)c1sc2ccccc2c1Cl. The topological polar surface area (TPSA) is 86.8 Å². The minimum Gasteiger partial charge on any atom is -0.342 e. The molecule has 156 valence electrons. The van der Waals surface area contributed by atoms with Crippen LogP contribution >= 0.6 is 22.9 Å². The molecule has 0 aliphatic carbocycles. The number of rotatable bonds is 4. The van der Waals surface area contributed by atoms with Crippen molar-refractivity contribution in [3.05, 3.63) is 34.2 Å². The summed E-state index contributed by atoms with van der Waals surface area (Å²) in [6, 6.07) is 7.59. The van der Waals surface area contributed by atoms with E-state index in [0.717, 1.165) is 10.1 Å². The van der Waals surface area contributed by atoms with Crippen molar-refractivity contribution in [2.45, 2.75) is 12.5 Å². The Morgan fingerprint density at radius 3 is 2.55 bits per heavy atom. The van der Waals surface area contributed by atoms with Crippen molar-refractivity contribution in [3.63, 3.8) is 0 Å². The van der Waals surface area contributed by atoms with Crippen LogP contribution in [0.15, 0.2) is 24.3 Å². The van der Waals surface area contributed by atoms with E-state index in [4.69, 9.17) is 11.6 Å². The molecule has 0 radical (unpaired) electrons. The number of nitrogens with zero attached hydrogens (tertiary/aromatic N) is 2. The van der Waals surface area contributed by atoms with Crippen molar-refractivity contribution in [1.29, 1.82) is 0 Å². The van der Waals surface area contributed by atoms with Crippen molar-refractivity contribution >= 4 is 54.7 Å². The van der Waals surface area contributed by atoms with E-state index in [-0.39, 0.29) is 35.9 Å². The van der Waals surface area contributed by atoms with E-state index in [0.29, 0.717) is 42.5 Å². The van der Waals surface area contributed by atoms with Gasteiger partial charge in [0.05, 0.1) is 23.1 Å². The molecule has 4 rings (SSSR count). The fourth-order valence-corrected chi connectivity index (χ4v) is 7.10. The summed E-state index contributed by atoms with van der Waals surface area (Å²) in [6.45, 7) is 2.30. The number of sulfone groups is 1. The molecule has 0 bridgehead atoms. The molecule has 7 nitrogen and oxygen atoms in total. The Bertz CT molecular complexity index is 1040. The fraction of sp³-hybridized carbons (Fsp3) is 0.474. The maximum absolute atomic E-state index is 12.5. The van der Waals surface area contributed by atoms with Crippen LogP contribution in [0.25, 0.3) is 10.1 Å². The van der Waals surface area contributed by atoms with Gasteiger partial charge in [-0.15, -0.1) is 11.3 Å². The molecule has 2 amide bonds. The van der Waals surface area contributed by atoms with Crippen LogP contribution in [-0.2, 0) is 14.6 Å². The van der Waals surface area contributed by atoms with Gasteiger partial charge < -0.3 is 10.2 Å². The summed E-state index contributed by atoms with van der Waals surface area (Å²) in [7, 11) is -2.91. The molecule has 0 unspecified atom stereocenters. The van der Waals surface area contributed by atoms with Gasteiger partial charge in [0.1, 0.15) is 4.88 Å². The molecule has 2 saturated heterocycles. The number of halogens is 1. The Kier molecular flexibility index (Phi) is 5.83. The number of hydrogen-bond donors (Lipinski definition) is 1. The molecular weight excluding hydrogens is 434 g/mol. The number of nitrogens with one attached hydrogen (secondary N) is 1. The van der Waals surface area contributed by atoms with Gasteiger partial charge in [0.2, 0.25) is 5.91 Å². The maximum Gasteiger partial charge on any atom is 0.263 e. The lowest BCUT2D eigenvalue weighted by Crippen LogP contribution is -2.53. The van der Waals surface area contributed by atoms with E-state index in [1.54, 1.807) is 4.90 Å². The first-order valence-corrected chi connectivity index (χ1v) is 12.5. The average Bonchev–Trinajstić information content (AvgIpc) is 3.25. The molecule has 3 heterocycles. The lowest BCUT2D eigenvalue weighted by atomic mass is 10.2. The standard InChI is InChI=1S/C19H22ClN3O4S2/c20-17-14-3-1-2-4-15(14)28-18(17)19(25)21-11-16(24)23-8-6-22(7-9-23)13-5-10-29(26,27)12-13/h1-4,13H,5-12H2,(H,21,25)/t13-/m1/s1. The van der Waals surface area contributed by atoms with Gasteiger partial charge in [-0.3, -0.25) is 14.5 Å². The smallest absolute Gasteiger partial charge is 0.263 e. The molecule has 10 heteroatoms. The Morgan fingerprint density at radius 1 is 1.17 bits per heavy atom. The van der Waals surface area contributed by atoms with Crippen molar-refractivity contribution < 1.29 is 18.0 Å². The van der Waals surface area contributed by atoms with E-state index < -0.39 is 9.84 Å². The highest BCUT2D eigenvalue weighted by molar-refractivity contribution is 7.91. The highest BCUT2D eigenvalue weighted by Gasteiger charge is 2.34. The zero-order chi connectivity index (χ0) is 20.6. The molecule has 1 atom stereocenters. The Hall–Kier alpha value is -1.68. The monoisotopic (exact) mass is 455 g/mol. The Labute approximate surface area is 178 Å². The normalized spacial score (nSPS) is 22.1. The molecule has 0 spiro atoms. The van der Waals surface area contributed by atoms with Gasteiger partial charge >= 0.3 is 0 Å². The van der Waals surface area contributed by atoms with Gasteiger partial charge in [0.15, 0.2) is 9.84 Å². The minimum absolute atomic E-state index is 0.0621. The number of carbonyl (C=O) groups excluding carboxylic acids is 2. The number of hydrogen-bond acceptors (Lipinski definition) is 6. The Morgan fingerprint density at radius 2 is 1.90 bits per heavy atom. The van der Waals surface area contributed by atoms with Crippen LogP contribution in [0, 0.1) is 0 Å². The van der Waals surface area contributed by atoms with E-state index in [9.17, 15) is 18.0 Å². The first-order chi connectivity index (χ1) is 13.8. The zero-order valence-electron chi connectivity index (χ0n) is 15.8. The second kappa shape index (κ2) is 8.22. The van der Waals surface area contributed by atoms with Gasteiger partial charge in [-0.1, -0.05) is 29.8 Å². The van der Waals surface area contributed by atoms with Crippen LogP contribution in [0.2, 0.25) is 5.02 Å². The zero-order valence-corrected chi connectivity index (χ0v) is 18.2. The van der Waals surface area contributed by atoms with Crippen LogP contribution < -0.4 is 5.32 Å². The van der Waals surface area contributed by atoms with E-state index in [2.05, 4.69) is 10.2 Å². The highest BCUT2D eigenvalue weighted by atomic mass is 35.5. The third-order valence-corrected chi connectivity index (χ3v) is 8.96. The summed E-state index contributed by atoms with van der Waals surface area (Å²) in [5.74, 6) is -0.0237. The lowest BCUT2D eigenvalue weighted by molar-refractivity contribution is -0.132. The van der Waals surface area contributed by atoms with Crippen molar-refractivity contribution in [3.8, 4) is 0 Å². The summed E-state index contributed by atoms with van der Waals surface area (Å²) < 4.78 is 24.3. The Balaban J connectivity index is 1.29. The quantitative estimate of drug-likeness (QED) is 0.757. The molecule has 1 N–H and O–H groups in total. The lowest BCUT2D eigenvalue weighted by Gasteiger charge is -2.37. The molecule has 2 aromatic rings. The van der Waals surface area contributed by atoms with Gasteiger partial charge in [-0.05, 0) is 12.5 Å². The largest absolute Gasteiger partial charge is 0.342 e. The maximum atomic E-state index is 12.5. The molecule has 1 aromatic heterocycles. The molecule has 0 saturated carbocycles. The summed E-state index contributed by atoms with van der Waals surface area (Å²) in [5.41, 5.74) is 0. The third-order valence-electron chi connectivity index (χ3n) is 5.53. The van der Waals surface area contributed by atoms with Crippen molar-refractivity contribution in [1.82, 2.24) is 15.1 Å². The third kappa shape index (κ3) is 4.42. The summed E-state index contributed by atoms with van der Waals surface area (Å²) in [4.78, 5) is 29.3. The molecule has 2 aliphatic rings. The van der Waals surface area contributed by atoms with Crippen LogP contribution in [0.5, 0.6) is 0 Å². The average molecular weight is 456 g/mol. The summed E-state index contributed by atoms with van der Waals surface area (Å²) in [5, 5.41) is 3.92. The number of amides is 2. The molecular formula is C19H22ClN3O4S2. The number of carbonyl (C=O) groups is 2. The second-order valence-corrected chi connectivity index (χ2v) is 11.1. The number of fused-ring (bicyclic) bond motifs is 1. The molecule has 29 heavy (non-hydrogen) atoms. The van der Waals surface area contributed by atoms with Crippen LogP contribution in [0.4, 0.5) is 0 Å². The van der Waals surface area contributed by atoms with Crippen LogP contribution in [0.1, 0.15) is 16.1 Å². The summed E-state index contributed by atoms with van der Waals surface area (Å²) >= 11 is 7.63. The van der Waals surface area contributed by atoms with Gasteiger partial charge in [-0.2, -0.15) is 0 Å². The van der Waals surface area contributed by atoms with Crippen molar-refractivity contribution in [2.24, 2.45) is 0 Å². The van der Waals surface area contributed by atoms with Crippen LogP contribution in [-0.4, -0.2) is 80.3 Å². The number of benzene rings is 1. The van der Waals surface area contributed by atoms with E-state index >= 15 is 0 Å². The summed E-state index contributed by atoms with van der Waals surface area (Å²) in [6.07, 6.45) is 0.669. The van der Waals surface area contributed by atoms with E-state index in [1.807, 2.05) is 24.3 Å². The van der Waals surface area contributed by atoms with Gasteiger partial charge in [-0.25, -0.2) is 8.42 Å². The first-order valence-electron chi connectivity index (χ1n) is 9.51. The number of piperazine rings is 1. The predicted octanol–water partition coefficient (Wildman–Crippen LogP) is 1.62. The molecule has 1 aromatic carbocycles. The fourth-order valence-electron chi connectivity index (χ4n) is 3.91. The minimum atomic E-state index is -2.91. The van der Waals surface area contributed by atoms with Gasteiger partial charge in [0, 0.05) is 42.3 Å². The molecule has 2 aliphatic heterocycles. The van der Waals surface area contributed by atoms with Crippen molar-refractivity contribution in [2.75, 3.05) is 44.2 Å². The molecule has 2 fully saturated rings. The highest BCUT2D eigenvalue weighted by Crippen LogP contribution is 2.34. The van der Waals surface area contributed by atoms with Crippen LogP contribution in [0.3, 0.4) is 0 Å². The van der Waals surface area contributed by atoms with Gasteiger partial charge in [0.25, 0.3) is 5.91 Å². The van der Waals surface area contributed by atoms with E-state index in [1.165, 1.54) is 11.3 Å². The predicted molar refractivity (Wildman–Crippen MR) is 114 cm³/mol. The second-order valence-electron chi connectivity index (χ2n) is 7.40.